The van der Waals surface area contributed by atoms with Crippen molar-refractivity contribution in [1.82, 2.24) is 4.90 Å². The number of rotatable bonds is 7. The summed E-state index contributed by atoms with van der Waals surface area (Å²) in [6.07, 6.45) is 0.147. The second-order valence-electron chi connectivity index (χ2n) is 10.3. The fraction of sp³-hybridized carbons (Fsp3) is 0.500. The molecule has 2 N–H and O–H groups in total. The second kappa shape index (κ2) is 8.43. The molecular formula is C26H36N2O2. The van der Waals surface area contributed by atoms with Crippen molar-refractivity contribution in [3.05, 3.63) is 71.8 Å². The van der Waals surface area contributed by atoms with E-state index in [1.54, 1.807) is 0 Å². The molecule has 0 aliphatic heterocycles. The van der Waals surface area contributed by atoms with Crippen LogP contribution in [0.15, 0.2) is 60.7 Å². The van der Waals surface area contributed by atoms with Crippen molar-refractivity contribution in [2.75, 3.05) is 6.54 Å². The average Bonchev–Trinajstić information content (AvgIpc) is 2.67. The highest BCUT2D eigenvalue weighted by molar-refractivity contribution is 5.65. The SMILES string of the molecule is CC(C)(C)[C@@]1(OC(N)=O)C[C@@H](CN(Cc2ccccc2)Cc2ccccc2)C1(C)C. The van der Waals surface area contributed by atoms with Crippen LogP contribution in [-0.2, 0) is 17.8 Å². The van der Waals surface area contributed by atoms with Crippen molar-refractivity contribution in [2.45, 2.75) is 59.7 Å². The van der Waals surface area contributed by atoms with Gasteiger partial charge in [0.25, 0.3) is 0 Å². The summed E-state index contributed by atoms with van der Waals surface area (Å²) in [6.45, 7) is 13.6. The minimum Gasteiger partial charge on any atom is -0.442 e. The van der Waals surface area contributed by atoms with Gasteiger partial charge in [0.2, 0.25) is 0 Å². The van der Waals surface area contributed by atoms with Gasteiger partial charge in [0.15, 0.2) is 0 Å². The van der Waals surface area contributed by atoms with Gasteiger partial charge < -0.3 is 10.5 Å². The number of carbonyl (C=O) groups excluding carboxylic acids is 1. The summed E-state index contributed by atoms with van der Waals surface area (Å²) in [6, 6.07) is 21.2. The topological polar surface area (TPSA) is 55.6 Å². The molecule has 1 saturated carbocycles. The molecule has 0 aromatic heterocycles. The van der Waals surface area contributed by atoms with Gasteiger partial charge in [0, 0.05) is 30.5 Å². The predicted molar refractivity (Wildman–Crippen MR) is 122 cm³/mol. The van der Waals surface area contributed by atoms with Crippen molar-refractivity contribution >= 4 is 6.09 Å². The lowest BCUT2D eigenvalue weighted by Gasteiger charge is -2.66. The Morgan fingerprint density at radius 1 is 1.00 bits per heavy atom. The first-order chi connectivity index (χ1) is 14.0. The van der Waals surface area contributed by atoms with Crippen LogP contribution in [0.3, 0.4) is 0 Å². The predicted octanol–water partition coefficient (Wildman–Crippen LogP) is 5.62. The highest BCUT2D eigenvalue weighted by Gasteiger charge is 2.67. The Labute approximate surface area is 181 Å². The lowest BCUT2D eigenvalue weighted by molar-refractivity contribution is -0.249. The normalized spacial score (nSPS) is 23.1. The molecule has 0 saturated heterocycles. The van der Waals surface area contributed by atoms with Crippen molar-refractivity contribution < 1.29 is 9.53 Å². The molecule has 1 aliphatic rings. The monoisotopic (exact) mass is 408 g/mol. The van der Waals surface area contributed by atoms with Crippen LogP contribution < -0.4 is 5.73 Å². The van der Waals surface area contributed by atoms with Crippen molar-refractivity contribution in [3.63, 3.8) is 0 Å². The van der Waals surface area contributed by atoms with Crippen LogP contribution in [-0.4, -0.2) is 23.1 Å². The first-order valence-electron chi connectivity index (χ1n) is 10.8. The van der Waals surface area contributed by atoms with Crippen LogP contribution in [0.4, 0.5) is 4.79 Å². The highest BCUT2D eigenvalue weighted by atomic mass is 16.6. The molecule has 2 atom stereocenters. The van der Waals surface area contributed by atoms with Gasteiger partial charge in [-0.05, 0) is 23.5 Å². The molecule has 1 amide bonds. The fourth-order valence-electron chi connectivity index (χ4n) is 5.31. The third-order valence-corrected chi connectivity index (χ3v) is 7.06. The number of hydrogen-bond donors (Lipinski definition) is 1. The number of nitrogens with two attached hydrogens (primary N) is 1. The number of benzene rings is 2. The Morgan fingerprint density at radius 3 is 1.83 bits per heavy atom. The zero-order valence-electron chi connectivity index (χ0n) is 19.0. The Balaban J connectivity index is 1.81. The molecule has 0 unspecified atom stereocenters. The number of amides is 1. The maximum Gasteiger partial charge on any atom is 0.405 e. The molecule has 0 radical (unpaired) electrons. The molecule has 2 aromatic carbocycles. The molecular weight excluding hydrogens is 372 g/mol. The lowest BCUT2D eigenvalue weighted by Crippen LogP contribution is -2.70. The fourth-order valence-corrected chi connectivity index (χ4v) is 5.31. The van der Waals surface area contributed by atoms with E-state index in [0.29, 0.717) is 5.92 Å². The van der Waals surface area contributed by atoms with Crippen LogP contribution in [0.2, 0.25) is 0 Å². The number of hydrogen-bond acceptors (Lipinski definition) is 3. The molecule has 0 bridgehead atoms. The quantitative estimate of drug-likeness (QED) is 0.647. The third kappa shape index (κ3) is 4.39. The van der Waals surface area contributed by atoms with Crippen molar-refractivity contribution in [2.24, 2.45) is 22.5 Å². The molecule has 2 aromatic rings. The van der Waals surface area contributed by atoms with Gasteiger partial charge in [-0.1, -0.05) is 95.3 Å². The van der Waals surface area contributed by atoms with E-state index in [-0.39, 0.29) is 10.8 Å². The van der Waals surface area contributed by atoms with E-state index >= 15 is 0 Å². The number of primary amides is 1. The minimum atomic E-state index is -0.679. The third-order valence-electron chi connectivity index (χ3n) is 7.06. The van der Waals surface area contributed by atoms with E-state index in [4.69, 9.17) is 10.5 Å². The molecule has 30 heavy (non-hydrogen) atoms. The zero-order chi connectivity index (χ0) is 22.0. The standard InChI is InChI=1S/C26H36N2O2/c1-24(2,3)26(30-23(27)29)16-22(25(26,4)5)19-28(17-20-12-8-6-9-13-20)18-21-14-10-7-11-15-21/h6-15,22H,16-19H2,1-5H3,(H2,27,29)/t22-,26-/m0/s1. The summed E-state index contributed by atoms with van der Waals surface area (Å²) in [4.78, 5) is 14.3. The molecule has 1 aliphatic carbocycles. The van der Waals surface area contributed by atoms with E-state index in [1.165, 1.54) is 11.1 Å². The maximum absolute atomic E-state index is 11.7. The van der Waals surface area contributed by atoms with Crippen LogP contribution >= 0.6 is 0 Å². The van der Waals surface area contributed by atoms with E-state index < -0.39 is 11.7 Å². The highest BCUT2D eigenvalue weighted by Crippen LogP contribution is 2.63. The van der Waals surface area contributed by atoms with Gasteiger partial charge in [-0.25, -0.2) is 4.79 Å². The largest absolute Gasteiger partial charge is 0.442 e. The Bertz CT molecular complexity index is 801. The molecule has 4 nitrogen and oxygen atoms in total. The molecule has 1 fully saturated rings. The van der Waals surface area contributed by atoms with Gasteiger partial charge in [-0.2, -0.15) is 0 Å². The number of ether oxygens (including phenoxy) is 1. The van der Waals surface area contributed by atoms with Crippen LogP contribution in [0.1, 0.15) is 52.2 Å². The van der Waals surface area contributed by atoms with Gasteiger partial charge in [-0.15, -0.1) is 0 Å². The van der Waals surface area contributed by atoms with Gasteiger partial charge in [0.1, 0.15) is 5.60 Å². The summed E-state index contributed by atoms with van der Waals surface area (Å²) >= 11 is 0. The lowest BCUT2D eigenvalue weighted by atomic mass is 9.44. The molecule has 0 spiro atoms. The van der Waals surface area contributed by atoms with Crippen molar-refractivity contribution in [1.29, 1.82) is 0 Å². The first-order valence-corrected chi connectivity index (χ1v) is 10.8. The van der Waals surface area contributed by atoms with Crippen molar-refractivity contribution in [3.8, 4) is 0 Å². The van der Waals surface area contributed by atoms with Gasteiger partial charge in [0.05, 0.1) is 0 Å². The van der Waals surface area contributed by atoms with Crippen LogP contribution in [0, 0.1) is 16.7 Å². The zero-order valence-corrected chi connectivity index (χ0v) is 19.0. The van der Waals surface area contributed by atoms with Crippen LogP contribution in [0.5, 0.6) is 0 Å². The molecule has 162 valence electrons. The first kappa shape index (κ1) is 22.4. The maximum atomic E-state index is 11.7. The second-order valence-corrected chi connectivity index (χ2v) is 10.3. The van der Waals surface area contributed by atoms with E-state index in [0.717, 1.165) is 26.1 Å². The summed E-state index contributed by atoms with van der Waals surface area (Å²) in [5.41, 5.74) is 7.18. The summed E-state index contributed by atoms with van der Waals surface area (Å²) in [7, 11) is 0. The van der Waals surface area contributed by atoms with E-state index in [9.17, 15) is 4.79 Å². The van der Waals surface area contributed by atoms with E-state index in [1.807, 2.05) is 0 Å². The van der Waals surface area contributed by atoms with Gasteiger partial charge >= 0.3 is 6.09 Å². The van der Waals surface area contributed by atoms with E-state index in [2.05, 4.69) is 100 Å². The Hall–Kier alpha value is -2.33. The smallest absolute Gasteiger partial charge is 0.405 e. The summed E-state index contributed by atoms with van der Waals surface area (Å²) in [5.74, 6) is 0.406. The average molecular weight is 409 g/mol. The number of carbonyl (C=O) groups is 1. The minimum absolute atomic E-state index is 0.175. The molecule has 0 heterocycles. The Kier molecular flexibility index (Phi) is 6.28. The molecule has 3 rings (SSSR count). The van der Waals surface area contributed by atoms with Crippen LogP contribution in [0.25, 0.3) is 0 Å². The summed E-state index contributed by atoms with van der Waals surface area (Å²) < 4.78 is 5.82. The number of nitrogens with zero attached hydrogens (tertiary/aromatic N) is 1. The Morgan fingerprint density at radius 2 is 1.47 bits per heavy atom. The summed E-state index contributed by atoms with van der Waals surface area (Å²) in [5, 5.41) is 0. The van der Waals surface area contributed by atoms with Gasteiger partial charge in [-0.3, -0.25) is 4.90 Å². The molecule has 4 heteroatoms.